The maximum absolute atomic E-state index is 11.9. The molecule has 114 valence electrons. The van der Waals surface area contributed by atoms with Gasteiger partial charge in [-0.2, -0.15) is 4.68 Å². The fraction of sp³-hybridized carbons (Fsp3) is 0.167. The molecular formula is C12H10BrN5O4. The van der Waals surface area contributed by atoms with Crippen molar-refractivity contribution in [2.24, 2.45) is 0 Å². The molecule has 0 aliphatic rings. The molecule has 1 N–H and O–H groups in total. The summed E-state index contributed by atoms with van der Waals surface area (Å²) in [7, 11) is 0. The number of rotatable bonds is 5. The van der Waals surface area contributed by atoms with Gasteiger partial charge in [0.05, 0.1) is 0 Å². The van der Waals surface area contributed by atoms with Crippen molar-refractivity contribution in [1.82, 2.24) is 14.8 Å². The molecule has 9 nitrogen and oxygen atoms in total. The lowest BCUT2D eigenvalue weighted by atomic mass is 10.1. The Morgan fingerprint density at radius 2 is 2.00 bits per heavy atom. The third kappa shape index (κ3) is 3.73. The van der Waals surface area contributed by atoms with Crippen LogP contribution in [0.5, 0.6) is 0 Å². The first-order valence-electron chi connectivity index (χ1n) is 6.02. The number of carbonyl (C=O) groups excluding carboxylic acids is 2. The van der Waals surface area contributed by atoms with Crippen molar-refractivity contribution in [3.05, 3.63) is 44.7 Å². The van der Waals surface area contributed by atoms with Gasteiger partial charge in [0.25, 0.3) is 4.73 Å². The lowest BCUT2D eigenvalue weighted by molar-refractivity contribution is -0.394. The highest BCUT2D eigenvalue weighted by Crippen LogP contribution is 2.13. The predicted octanol–water partition coefficient (Wildman–Crippen LogP) is 1.79. The number of ketones is 1. The van der Waals surface area contributed by atoms with Gasteiger partial charge in [-0.25, -0.2) is 0 Å². The van der Waals surface area contributed by atoms with Gasteiger partial charge in [-0.1, -0.05) is 0 Å². The smallest absolute Gasteiger partial charge is 0.390 e. The fourth-order valence-electron chi connectivity index (χ4n) is 1.61. The summed E-state index contributed by atoms with van der Waals surface area (Å²) in [5, 5.41) is 16.7. The summed E-state index contributed by atoms with van der Waals surface area (Å²) in [6, 6.07) is 6.36. The molecule has 0 spiro atoms. The van der Waals surface area contributed by atoms with Crippen LogP contribution in [0.2, 0.25) is 0 Å². The Labute approximate surface area is 132 Å². The molecule has 1 aromatic carbocycles. The van der Waals surface area contributed by atoms with Gasteiger partial charge >= 0.3 is 5.95 Å². The van der Waals surface area contributed by atoms with Gasteiger partial charge in [0, 0.05) is 32.3 Å². The molecular weight excluding hydrogens is 358 g/mol. The first kappa shape index (κ1) is 15.8. The van der Waals surface area contributed by atoms with E-state index in [0.717, 1.165) is 4.68 Å². The predicted molar refractivity (Wildman–Crippen MR) is 79.5 cm³/mol. The number of nitrogens with zero attached hydrogens (tertiary/aromatic N) is 4. The number of Topliss-reactive ketones (excluding diaryl/α,β-unsaturated/α-hetero) is 1. The third-order valence-corrected chi connectivity index (χ3v) is 3.23. The van der Waals surface area contributed by atoms with Crippen LogP contribution in [0.25, 0.3) is 0 Å². The Hall–Kier alpha value is -2.62. The third-order valence-electron chi connectivity index (χ3n) is 2.65. The van der Waals surface area contributed by atoms with Crippen molar-refractivity contribution in [2.75, 3.05) is 5.32 Å². The van der Waals surface area contributed by atoms with Crippen LogP contribution in [0, 0.1) is 10.1 Å². The second-order valence-electron chi connectivity index (χ2n) is 4.28. The molecule has 0 saturated carbocycles. The monoisotopic (exact) mass is 367 g/mol. The summed E-state index contributed by atoms with van der Waals surface area (Å²) in [4.78, 5) is 36.4. The second-order valence-corrected chi connectivity index (χ2v) is 4.99. The summed E-state index contributed by atoms with van der Waals surface area (Å²) < 4.78 is 1.15. The molecule has 2 rings (SSSR count). The average Bonchev–Trinajstić information content (AvgIpc) is 2.81. The lowest BCUT2D eigenvalue weighted by Gasteiger charge is -2.04. The molecule has 0 fully saturated rings. The number of hydrogen-bond acceptors (Lipinski definition) is 6. The Kier molecular flexibility index (Phi) is 4.61. The Morgan fingerprint density at radius 1 is 1.36 bits per heavy atom. The number of halogens is 1. The number of aromatic nitrogens is 3. The van der Waals surface area contributed by atoms with Gasteiger partial charge in [0.2, 0.25) is 5.91 Å². The zero-order valence-corrected chi connectivity index (χ0v) is 12.9. The van der Waals surface area contributed by atoms with Crippen molar-refractivity contribution in [3.8, 4) is 0 Å². The Morgan fingerprint density at radius 3 is 2.50 bits per heavy atom. The van der Waals surface area contributed by atoms with Crippen LogP contribution in [-0.2, 0) is 11.3 Å². The van der Waals surface area contributed by atoms with Crippen LogP contribution in [-0.4, -0.2) is 31.4 Å². The number of anilines is 1. The number of nitro groups is 1. The van der Waals surface area contributed by atoms with E-state index in [1.807, 2.05) is 0 Å². The standard InChI is InChI=1S/C12H10BrN5O4/c1-7(19)8-2-4-9(5-3-8)14-10(20)6-17-11(13)15-12(16-17)18(21)22/h2-5H,6H2,1H3,(H,14,20). The van der Waals surface area contributed by atoms with Crippen LogP contribution < -0.4 is 5.32 Å². The van der Waals surface area contributed by atoms with E-state index in [2.05, 4.69) is 31.3 Å². The molecule has 0 unspecified atom stereocenters. The molecule has 0 bridgehead atoms. The lowest BCUT2D eigenvalue weighted by Crippen LogP contribution is -2.19. The Balaban J connectivity index is 2.03. The molecule has 1 aromatic heterocycles. The number of amides is 1. The van der Waals surface area contributed by atoms with Crippen LogP contribution in [0.4, 0.5) is 11.6 Å². The van der Waals surface area contributed by atoms with E-state index in [1.54, 1.807) is 24.3 Å². The summed E-state index contributed by atoms with van der Waals surface area (Å²) in [6.45, 7) is 1.21. The number of benzene rings is 1. The van der Waals surface area contributed by atoms with Crippen LogP contribution in [0.1, 0.15) is 17.3 Å². The highest BCUT2D eigenvalue weighted by Gasteiger charge is 2.21. The van der Waals surface area contributed by atoms with Crippen molar-refractivity contribution >= 4 is 39.3 Å². The number of nitrogens with one attached hydrogen (secondary N) is 1. The molecule has 0 aliphatic carbocycles. The van der Waals surface area contributed by atoms with Crippen molar-refractivity contribution in [1.29, 1.82) is 0 Å². The van der Waals surface area contributed by atoms with Crippen molar-refractivity contribution < 1.29 is 14.5 Å². The molecule has 0 aliphatic heterocycles. The highest BCUT2D eigenvalue weighted by atomic mass is 79.9. The van der Waals surface area contributed by atoms with E-state index in [4.69, 9.17) is 0 Å². The van der Waals surface area contributed by atoms with E-state index in [-0.39, 0.29) is 17.1 Å². The average molecular weight is 368 g/mol. The van der Waals surface area contributed by atoms with Crippen LogP contribution in [0.3, 0.4) is 0 Å². The number of hydrogen-bond donors (Lipinski definition) is 1. The molecule has 22 heavy (non-hydrogen) atoms. The minimum absolute atomic E-state index is 0.0725. The van der Waals surface area contributed by atoms with Crippen molar-refractivity contribution in [3.63, 3.8) is 0 Å². The normalized spacial score (nSPS) is 10.3. The topological polar surface area (TPSA) is 120 Å². The zero-order valence-electron chi connectivity index (χ0n) is 11.3. The van der Waals surface area contributed by atoms with Gasteiger partial charge in [-0.15, -0.1) is 0 Å². The quantitative estimate of drug-likeness (QED) is 0.488. The first-order valence-corrected chi connectivity index (χ1v) is 6.81. The van der Waals surface area contributed by atoms with E-state index in [9.17, 15) is 19.7 Å². The maximum atomic E-state index is 11.9. The van der Waals surface area contributed by atoms with Gasteiger partial charge < -0.3 is 15.4 Å². The largest absolute Gasteiger partial charge is 0.492 e. The minimum Gasteiger partial charge on any atom is -0.390 e. The fourth-order valence-corrected chi connectivity index (χ4v) is 1.98. The van der Waals surface area contributed by atoms with Gasteiger partial charge in [0.15, 0.2) is 5.78 Å². The van der Waals surface area contributed by atoms with Crippen LogP contribution in [0.15, 0.2) is 29.0 Å². The second kappa shape index (κ2) is 6.43. The maximum Gasteiger partial charge on any atom is 0.492 e. The van der Waals surface area contributed by atoms with E-state index >= 15 is 0 Å². The summed E-state index contributed by atoms with van der Waals surface area (Å²) in [5.74, 6) is -1.10. The molecule has 0 radical (unpaired) electrons. The highest BCUT2D eigenvalue weighted by molar-refractivity contribution is 9.10. The molecule has 10 heteroatoms. The summed E-state index contributed by atoms with van der Waals surface area (Å²) in [5.41, 5.74) is 1.04. The van der Waals surface area contributed by atoms with E-state index in [1.165, 1.54) is 6.92 Å². The van der Waals surface area contributed by atoms with Crippen molar-refractivity contribution in [2.45, 2.75) is 13.5 Å². The zero-order chi connectivity index (χ0) is 16.3. The summed E-state index contributed by atoms with van der Waals surface area (Å²) >= 11 is 2.99. The van der Waals surface area contributed by atoms with E-state index < -0.39 is 16.8 Å². The number of carbonyl (C=O) groups is 2. The Bertz CT molecular complexity index is 740. The minimum atomic E-state index is -0.750. The molecule has 0 atom stereocenters. The van der Waals surface area contributed by atoms with Crippen LogP contribution >= 0.6 is 15.9 Å². The SMILES string of the molecule is CC(=O)c1ccc(NC(=O)Cn2nc([N+](=O)[O-])nc2Br)cc1. The summed E-state index contributed by atoms with van der Waals surface area (Å²) in [6.07, 6.45) is 0. The molecule has 1 amide bonds. The van der Waals surface area contributed by atoms with Gasteiger partial charge in [-0.3, -0.25) is 9.59 Å². The van der Waals surface area contributed by atoms with Gasteiger partial charge in [-0.05, 0) is 41.1 Å². The van der Waals surface area contributed by atoms with Gasteiger partial charge in [0.1, 0.15) is 6.54 Å². The molecule has 2 aromatic rings. The first-order chi connectivity index (χ1) is 10.4. The molecule has 0 saturated heterocycles. The molecule has 1 heterocycles. The van der Waals surface area contributed by atoms with E-state index in [0.29, 0.717) is 11.3 Å².